The zero-order chi connectivity index (χ0) is 14.8. The maximum absolute atomic E-state index is 5.49. The molecule has 4 heteroatoms. The lowest BCUT2D eigenvalue weighted by Gasteiger charge is -2.15. The third-order valence-corrected chi connectivity index (χ3v) is 3.41. The number of ether oxygens (including phenoxy) is 3. The van der Waals surface area contributed by atoms with Gasteiger partial charge in [0, 0.05) is 0 Å². The van der Waals surface area contributed by atoms with Gasteiger partial charge in [0.2, 0.25) is 5.75 Å². The number of hydrogen-bond donors (Lipinski definition) is 1. The normalized spacial score (nSPS) is 10.4. The molecule has 0 aliphatic carbocycles. The molecule has 0 heterocycles. The van der Waals surface area contributed by atoms with Gasteiger partial charge in [0.25, 0.3) is 0 Å². The van der Waals surface area contributed by atoms with Crippen molar-refractivity contribution < 1.29 is 14.2 Å². The molecule has 0 atom stereocenters. The van der Waals surface area contributed by atoms with Crippen LogP contribution in [0.1, 0.15) is 31.2 Å². The first-order chi connectivity index (χ1) is 9.78. The molecule has 0 aliphatic heterocycles. The molecule has 0 bridgehead atoms. The number of aryl methyl sites for hydroxylation is 1. The Hall–Kier alpha value is -1.42. The second kappa shape index (κ2) is 9.48. The molecular formula is C16H27NO3. The fourth-order valence-corrected chi connectivity index (χ4v) is 2.33. The summed E-state index contributed by atoms with van der Waals surface area (Å²) >= 11 is 0. The van der Waals surface area contributed by atoms with Crippen LogP contribution in [0.2, 0.25) is 0 Å². The summed E-state index contributed by atoms with van der Waals surface area (Å²) in [5.74, 6) is 2.19. The Morgan fingerprint density at radius 1 is 0.850 bits per heavy atom. The van der Waals surface area contributed by atoms with Crippen LogP contribution in [0.4, 0.5) is 0 Å². The average molecular weight is 281 g/mol. The summed E-state index contributed by atoms with van der Waals surface area (Å²) in [7, 11) is 6.95. The molecule has 20 heavy (non-hydrogen) atoms. The molecule has 0 unspecified atom stereocenters. The standard InChI is InChI=1S/C16H27NO3/c1-17-12-8-6-5-7-9-13-10-11-14(18-2)16(20-4)15(13)19-3/h10-11,17H,5-9,12H2,1-4H3. The summed E-state index contributed by atoms with van der Waals surface area (Å²) in [6, 6.07) is 4.01. The van der Waals surface area contributed by atoms with Gasteiger partial charge in [-0.3, -0.25) is 0 Å². The van der Waals surface area contributed by atoms with E-state index in [9.17, 15) is 0 Å². The molecule has 0 saturated heterocycles. The predicted molar refractivity (Wildman–Crippen MR) is 82.2 cm³/mol. The quantitative estimate of drug-likeness (QED) is 0.669. The number of hydrogen-bond acceptors (Lipinski definition) is 4. The molecule has 4 nitrogen and oxygen atoms in total. The summed E-state index contributed by atoms with van der Waals surface area (Å²) in [4.78, 5) is 0. The number of benzene rings is 1. The topological polar surface area (TPSA) is 39.7 Å². The van der Waals surface area contributed by atoms with Crippen LogP contribution in [-0.4, -0.2) is 34.9 Å². The molecule has 114 valence electrons. The lowest BCUT2D eigenvalue weighted by atomic mass is 10.0. The summed E-state index contributed by atoms with van der Waals surface area (Å²) in [6.07, 6.45) is 5.90. The van der Waals surface area contributed by atoms with E-state index in [1.54, 1.807) is 21.3 Å². The Kier molecular flexibility index (Phi) is 7.88. The summed E-state index contributed by atoms with van der Waals surface area (Å²) in [6.45, 7) is 1.10. The van der Waals surface area contributed by atoms with Crippen LogP contribution in [0.25, 0.3) is 0 Å². The highest BCUT2D eigenvalue weighted by Crippen LogP contribution is 2.40. The first-order valence-electron chi connectivity index (χ1n) is 7.20. The molecule has 0 fully saturated rings. The monoisotopic (exact) mass is 281 g/mol. The van der Waals surface area contributed by atoms with E-state index in [1.807, 2.05) is 13.1 Å². The maximum atomic E-state index is 5.49. The molecule has 0 radical (unpaired) electrons. The number of unbranched alkanes of at least 4 members (excludes halogenated alkanes) is 3. The van der Waals surface area contributed by atoms with Crippen molar-refractivity contribution in [2.45, 2.75) is 32.1 Å². The summed E-state index contributed by atoms with van der Waals surface area (Å²) in [5, 5.41) is 3.17. The van der Waals surface area contributed by atoms with Crippen molar-refractivity contribution in [3.05, 3.63) is 17.7 Å². The van der Waals surface area contributed by atoms with Crippen LogP contribution in [0.15, 0.2) is 12.1 Å². The predicted octanol–water partition coefficient (Wildman–Crippen LogP) is 3.03. The largest absolute Gasteiger partial charge is 0.493 e. The van der Waals surface area contributed by atoms with Crippen LogP contribution < -0.4 is 19.5 Å². The zero-order valence-corrected chi connectivity index (χ0v) is 13.1. The highest BCUT2D eigenvalue weighted by atomic mass is 16.5. The van der Waals surface area contributed by atoms with Gasteiger partial charge in [0.05, 0.1) is 21.3 Å². The molecule has 0 saturated carbocycles. The summed E-state index contributed by atoms with van der Waals surface area (Å²) < 4.78 is 16.2. The Bertz CT molecular complexity index is 394. The molecule has 1 aromatic carbocycles. The maximum Gasteiger partial charge on any atom is 0.203 e. The smallest absolute Gasteiger partial charge is 0.203 e. The van der Waals surface area contributed by atoms with Crippen molar-refractivity contribution >= 4 is 0 Å². The number of methoxy groups -OCH3 is 3. The van der Waals surface area contributed by atoms with Gasteiger partial charge < -0.3 is 19.5 Å². The lowest BCUT2D eigenvalue weighted by Crippen LogP contribution is -2.07. The van der Waals surface area contributed by atoms with Crippen LogP contribution in [0.5, 0.6) is 17.2 Å². The minimum atomic E-state index is 0.683. The SMILES string of the molecule is CNCCCCCCc1ccc(OC)c(OC)c1OC. The van der Waals surface area contributed by atoms with Gasteiger partial charge in [-0.25, -0.2) is 0 Å². The zero-order valence-electron chi connectivity index (χ0n) is 13.1. The number of rotatable bonds is 10. The molecule has 1 N–H and O–H groups in total. The molecule has 0 spiro atoms. The van der Waals surface area contributed by atoms with Crippen LogP contribution >= 0.6 is 0 Å². The van der Waals surface area contributed by atoms with Crippen LogP contribution in [0, 0.1) is 0 Å². The van der Waals surface area contributed by atoms with E-state index in [0.717, 1.165) is 25.1 Å². The van der Waals surface area contributed by atoms with E-state index in [2.05, 4.69) is 11.4 Å². The van der Waals surface area contributed by atoms with E-state index in [1.165, 1.54) is 24.8 Å². The van der Waals surface area contributed by atoms with Gasteiger partial charge in [0.1, 0.15) is 0 Å². The van der Waals surface area contributed by atoms with Gasteiger partial charge in [-0.2, -0.15) is 0 Å². The molecular weight excluding hydrogens is 254 g/mol. The Balaban J connectivity index is 2.61. The van der Waals surface area contributed by atoms with E-state index < -0.39 is 0 Å². The third-order valence-electron chi connectivity index (χ3n) is 3.41. The molecule has 0 aromatic heterocycles. The van der Waals surface area contributed by atoms with Crippen molar-refractivity contribution in [2.24, 2.45) is 0 Å². The van der Waals surface area contributed by atoms with Gasteiger partial charge in [0.15, 0.2) is 11.5 Å². The fourth-order valence-electron chi connectivity index (χ4n) is 2.33. The van der Waals surface area contributed by atoms with Crippen molar-refractivity contribution in [1.29, 1.82) is 0 Å². The average Bonchev–Trinajstić information content (AvgIpc) is 2.49. The highest BCUT2D eigenvalue weighted by Gasteiger charge is 2.15. The van der Waals surface area contributed by atoms with Crippen molar-refractivity contribution in [1.82, 2.24) is 5.32 Å². The van der Waals surface area contributed by atoms with Gasteiger partial charge in [-0.15, -0.1) is 0 Å². The minimum absolute atomic E-state index is 0.683. The lowest BCUT2D eigenvalue weighted by molar-refractivity contribution is 0.322. The van der Waals surface area contributed by atoms with E-state index in [0.29, 0.717) is 11.5 Å². The Morgan fingerprint density at radius 2 is 1.55 bits per heavy atom. The summed E-state index contributed by atoms with van der Waals surface area (Å²) in [5.41, 5.74) is 1.18. The van der Waals surface area contributed by atoms with E-state index in [4.69, 9.17) is 14.2 Å². The van der Waals surface area contributed by atoms with E-state index >= 15 is 0 Å². The van der Waals surface area contributed by atoms with E-state index in [-0.39, 0.29) is 0 Å². The molecule has 0 amide bonds. The van der Waals surface area contributed by atoms with Crippen LogP contribution in [0.3, 0.4) is 0 Å². The molecule has 1 aromatic rings. The molecule has 1 rings (SSSR count). The first kappa shape index (κ1) is 16.6. The Morgan fingerprint density at radius 3 is 2.15 bits per heavy atom. The van der Waals surface area contributed by atoms with Crippen molar-refractivity contribution in [3.8, 4) is 17.2 Å². The van der Waals surface area contributed by atoms with Crippen molar-refractivity contribution in [3.63, 3.8) is 0 Å². The second-order valence-electron chi connectivity index (χ2n) is 4.76. The third kappa shape index (κ3) is 4.60. The number of nitrogens with one attached hydrogen (secondary N) is 1. The first-order valence-corrected chi connectivity index (χ1v) is 7.20. The van der Waals surface area contributed by atoms with Crippen molar-refractivity contribution in [2.75, 3.05) is 34.9 Å². The fraction of sp³-hybridized carbons (Fsp3) is 0.625. The highest BCUT2D eigenvalue weighted by molar-refractivity contribution is 5.55. The van der Waals surface area contributed by atoms with Gasteiger partial charge in [-0.05, 0) is 44.5 Å². The van der Waals surface area contributed by atoms with Crippen LogP contribution in [-0.2, 0) is 6.42 Å². The van der Waals surface area contributed by atoms with Gasteiger partial charge in [-0.1, -0.05) is 18.9 Å². The Labute approximate surface area is 122 Å². The minimum Gasteiger partial charge on any atom is -0.493 e. The second-order valence-corrected chi connectivity index (χ2v) is 4.76. The van der Waals surface area contributed by atoms with Gasteiger partial charge >= 0.3 is 0 Å². The molecule has 0 aliphatic rings.